The first kappa shape index (κ1) is 14.3. The number of nitrogens with zero attached hydrogens (tertiary/aromatic N) is 1. The number of likely N-dealkylation sites (N-methyl/N-ethyl adjacent to an activating group) is 1. The van der Waals surface area contributed by atoms with Crippen molar-refractivity contribution in [1.82, 2.24) is 4.90 Å². The standard InChI is InChI=1S/C12H11BrClNO4/c1-15-9(16)5-19-11(12(17)18)10(15)7-3-2-6(14)4-8(7)13/h2-4,10-11H,5H2,1H3,(H,17,18). The van der Waals surface area contributed by atoms with Crippen LogP contribution in [0.25, 0.3) is 0 Å². The third kappa shape index (κ3) is 2.75. The Balaban J connectivity index is 2.46. The fourth-order valence-corrected chi connectivity index (χ4v) is 2.95. The van der Waals surface area contributed by atoms with Crippen LogP contribution in [0, 0.1) is 0 Å². The van der Waals surface area contributed by atoms with E-state index in [0.717, 1.165) is 0 Å². The third-order valence-corrected chi connectivity index (χ3v) is 3.93. The van der Waals surface area contributed by atoms with Gasteiger partial charge in [-0.2, -0.15) is 0 Å². The minimum atomic E-state index is -1.11. The number of aliphatic carboxylic acids is 1. The smallest absolute Gasteiger partial charge is 0.335 e. The number of ether oxygens (including phenoxy) is 1. The van der Waals surface area contributed by atoms with Crippen molar-refractivity contribution in [2.24, 2.45) is 0 Å². The van der Waals surface area contributed by atoms with Gasteiger partial charge < -0.3 is 14.7 Å². The van der Waals surface area contributed by atoms with E-state index in [1.165, 1.54) is 4.90 Å². The van der Waals surface area contributed by atoms with Crippen LogP contribution < -0.4 is 0 Å². The first-order valence-electron chi connectivity index (χ1n) is 5.47. The number of morpholine rings is 1. The van der Waals surface area contributed by atoms with Crippen molar-refractivity contribution < 1.29 is 19.4 Å². The maximum Gasteiger partial charge on any atom is 0.335 e. The van der Waals surface area contributed by atoms with Crippen molar-refractivity contribution in [3.05, 3.63) is 33.3 Å². The third-order valence-electron chi connectivity index (χ3n) is 3.01. The fraction of sp³-hybridized carbons (Fsp3) is 0.333. The number of carbonyl (C=O) groups excluding carboxylic acids is 1. The lowest BCUT2D eigenvalue weighted by molar-refractivity contribution is -0.171. The average Bonchev–Trinajstić information content (AvgIpc) is 2.33. The Kier molecular flexibility index (Phi) is 4.13. The molecular weight excluding hydrogens is 337 g/mol. The molecule has 0 bridgehead atoms. The maximum atomic E-state index is 11.7. The van der Waals surface area contributed by atoms with Crippen LogP contribution in [-0.2, 0) is 14.3 Å². The predicted octanol–water partition coefficient (Wildman–Crippen LogP) is 2.09. The first-order chi connectivity index (χ1) is 8.91. The number of rotatable bonds is 2. The minimum Gasteiger partial charge on any atom is -0.479 e. The highest BCUT2D eigenvalue weighted by Crippen LogP contribution is 2.35. The van der Waals surface area contributed by atoms with E-state index >= 15 is 0 Å². The zero-order valence-corrected chi connectivity index (χ0v) is 12.3. The van der Waals surface area contributed by atoms with E-state index in [4.69, 9.17) is 16.3 Å². The molecule has 1 aromatic carbocycles. The van der Waals surface area contributed by atoms with Crippen LogP contribution in [0.15, 0.2) is 22.7 Å². The highest BCUT2D eigenvalue weighted by molar-refractivity contribution is 9.10. The van der Waals surface area contributed by atoms with E-state index in [1.807, 2.05) is 0 Å². The Morgan fingerprint density at radius 3 is 2.84 bits per heavy atom. The second kappa shape index (κ2) is 5.48. The molecule has 0 saturated carbocycles. The van der Waals surface area contributed by atoms with E-state index in [9.17, 15) is 14.7 Å². The molecule has 0 aliphatic carbocycles. The second-order valence-electron chi connectivity index (χ2n) is 4.19. The lowest BCUT2D eigenvalue weighted by atomic mass is 9.98. The zero-order valence-electron chi connectivity index (χ0n) is 9.97. The van der Waals surface area contributed by atoms with E-state index in [1.54, 1.807) is 25.2 Å². The van der Waals surface area contributed by atoms with Crippen LogP contribution in [0.3, 0.4) is 0 Å². The van der Waals surface area contributed by atoms with Crippen molar-refractivity contribution in [1.29, 1.82) is 0 Å². The van der Waals surface area contributed by atoms with Crippen LogP contribution in [-0.4, -0.2) is 41.6 Å². The molecule has 0 aromatic heterocycles. The summed E-state index contributed by atoms with van der Waals surface area (Å²) >= 11 is 9.20. The topological polar surface area (TPSA) is 66.8 Å². The van der Waals surface area contributed by atoms with Crippen LogP contribution in [0.4, 0.5) is 0 Å². The van der Waals surface area contributed by atoms with Crippen molar-refractivity contribution in [2.75, 3.05) is 13.7 Å². The molecule has 1 heterocycles. The average molecular weight is 349 g/mol. The summed E-state index contributed by atoms with van der Waals surface area (Å²) in [5.74, 6) is -1.37. The molecule has 0 spiro atoms. The van der Waals surface area contributed by atoms with Gasteiger partial charge in [-0.05, 0) is 17.7 Å². The molecule has 5 nitrogen and oxygen atoms in total. The van der Waals surface area contributed by atoms with Gasteiger partial charge in [-0.3, -0.25) is 4.79 Å². The van der Waals surface area contributed by atoms with Crippen LogP contribution in [0.5, 0.6) is 0 Å². The largest absolute Gasteiger partial charge is 0.479 e. The fourth-order valence-electron chi connectivity index (χ4n) is 2.03. The van der Waals surface area contributed by atoms with E-state index in [-0.39, 0.29) is 12.5 Å². The van der Waals surface area contributed by atoms with Gasteiger partial charge >= 0.3 is 5.97 Å². The molecule has 1 aliphatic rings. The maximum absolute atomic E-state index is 11.7. The van der Waals surface area contributed by atoms with Crippen molar-refractivity contribution in [3.8, 4) is 0 Å². The molecule has 1 aromatic rings. The summed E-state index contributed by atoms with van der Waals surface area (Å²) in [6, 6.07) is 4.30. The quantitative estimate of drug-likeness (QED) is 0.889. The molecule has 1 N–H and O–H groups in total. The van der Waals surface area contributed by atoms with Crippen molar-refractivity contribution >= 4 is 39.4 Å². The number of hydrogen-bond acceptors (Lipinski definition) is 3. The molecule has 2 atom stereocenters. The summed E-state index contributed by atoms with van der Waals surface area (Å²) in [7, 11) is 1.56. The number of benzene rings is 1. The Morgan fingerprint density at radius 2 is 2.26 bits per heavy atom. The molecule has 2 unspecified atom stereocenters. The Labute approximate surface area is 123 Å². The van der Waals surface area contributed by atoms with E-state index in [0.29, 0.717) is 15.1 Å². The van der Waals surface area contributed by atoms with Crippen LogP contribution in [0.1, 0.15) is 11.6 Å². The summed E-state index contributed by atoms with van der Waals surface area (Å²) in [5.41, 5.74) is 0.646. The molecule has 19 heavy (non-hydrogen) atoms. The van der Waals surface area contributed by atoms with Gasteiger partial charge in [-0.15, -0.1) is 0 Å². The lowest BCUT2D eigenvalue weighted by Gasteiger charge is -2.37. The number of carboxylic acid groups (broad SMARTS) is 1. The first-order valence-corrected chi connectivity index (χ1v) is 6.64. The number of carbonyl (C=O) groups is 2. The summed E-state index contributed by atoms with van der Waals surface area (Å²) in [6.45, 7) is -0.227. The molecule has 1 fully saturated rings. The molecule has 102 valence electrons. The van der Waals surface area contributed by atoms with Gasteiger partial charge in [-0.1, -0.05) is 33.6 Å². The molecular formula is C12H11BrClNO4. The molecule has 1 aliphatic heterocycles. The Bertz CT molecular complexity index is 536. The molecule has 0 radical (unpaired) electrons. The molecule has 1 amide bonds. The number of halogens is 2. The van der Waals surface area contributed by atoms with Crippen molar-refractivity contribution in [3.63, 3.8) is 0 Å². The van der Waals surface area contributed by atoms with Crippen molar-refractivity contribution in [2.45, 2.75) is 12.1 Å². The predicted molar refractivity (Wildman–Crippen MR) is 72.0 cm³/mol. The van der Waals surface area contributed by atoms with Crippen LogP contribution in [0.2, 0.25) is 5.02 Å². The van der Waals surface area contributed by atoms with Gasteiger partial charge in [0.05, 0.1) is 6.04 Å². The minimum absolute atomic E-state index is 0.227. The van der Waals surface area contributed by atoms with E-state index in [2.05, 4.69) is 15.9 Å². The number of amides is 1. The van der Waals surface area contributed by atoms with Crippen LogP contribution >= 0.6 is 27.5 Å². The molecule has 7 heteroatoms. The summed E-state index contributed by atoms with van der Waals surface area (Å²) < 4.78 is 5.77. The monoisotopic (exact) mass is 347 g/mol. The highest BCUT2D eigenvalue weighted by Gasteiger charge is 2.40. The number of carboxylic acids is 1. The van der Waals surface area contributed by atoms with Gasteiger partial charge in [0.25, 0.3) is 0 Å². The zero-order chi connectivity index (χ0) is 14.2. The molecule has 2 rings (SSSR count). The lowest BCUT2D eigenvalue weighted by Crippen LogP contribution is -2.50. The van der Waals surface area contributed by atoms with Gasteiger partial charge in [-0.25, -0.2) is 4.79 Å². The summed E-state index contributed by atoms with van der Waals surface area (Å²) in [4.78, 5) is 24.3. The van der Waals surface area contributed by atoms with Gasteiger partial charge in [0.2, 0.25) is 5.91 Å². The summed E-state index contributed by atoms with van der Waals surface area (Å²) in [6.07, 6.45) is -1.10. The van der Waals surface area contributed by atoms with Gasteiger partial charge in [0, 0.05) is 16.5 Å². The Morgan fingerprint density at radius 1 is 1.58 bits per heavy atom. The SMILES string of the molecule is CN1C(=O)COC(C(=O)O)C1c1ccc(Cl)cc1Br. The van der Waals surface area contributed by atoms with E-state index < -0.39 is 18.1 Å². The normalized spacial score (nSPS) is 23.5. The number of hydrogen-bond donors (Lipinski definition) is 1. The highest BCUT2D eigenvalue weighted by atomic mass is 79.9. The van der Waals surface area contributed by atoms with Gasteiger partial charge in [0.1, 0.15) is 6.61 Å². The Hall–Kier alpha value is -1.11. The summed E-state index contributed by atoms with van der Waals surface area (Å²) in [5, 5.41) is 9.74. The second-order valence-corrected chi connectivity index (χ2v) is 5.48. The molecule has 1 saturated heterocycles. The van der Waals surface area contributed by atoms with Gasteiger partial charge in [0.15, 0.2) is 6.10 Å².